The van der Waals surface area contributed by atoms with Crippen LogP contribution in [-0.4, -0.2) is 57.3 Å². The first-order chi connectivity index (χ1) is 13.2. The summed E-state index contributed by atoms with van der Waals surface area (Å²) in [6.07, 6.45) is 9.52. The predicted octanol–water partition coefficient (Wildman–Crippen LogP) is 1.25. The van der Waals surface area contributed by atoms with Gasteiger partial charge in [-0.2, -0.15) is 5.10 Å². The van der Waals surface area contributed by atoms with Crippen molar-refractivity contribution >= 4 is 11.0 Å². The Kier molecular flexibility index (Phi) is 4.49. The average Bonchev–Trinajstić information content (AvgIpc) is 3.32. The molecule has 2 aromatic heterocycles. The lowest BCUT2D eigenvalue weighted by Crippen LogP contribution is -2.43. The summed E-state index contributed by atoms with van der Waals surface area (Å²) in [4.78, 5) is 17.6. The molecule has 27 heavy (non-hydrogen) atoms. The normalized spacial score (nSPS) is 29.7. The van der Waals surface area contributed by atoms with Crippen LogP contribution >= 0.6 is 0 Å². The van der Waals surface area contributed by atoms with E-state index < -0.39 is 0 Å². The van der Waals surface area contributed by atoms with E-state index >= 15 is 0 Å². The second-order valence-electron chi connectivity index (χ2n) is 8.13. The molecule has 3 aliphatic heterocycles. The number of hydrogen-bond acceptors (Lipinski definition) is 6. The van der Waals surface area contributed by atoms with Crippen LogP contribution in [0.25, 0.3) is 11.0 Å². The minimum Gasteiger partial charge on any atom is -0.378 e. The lowest BCUT2D eigenvalue weighted by Gasteiger charge is -2.37. The molecule has 5 heterocycles. The van der Waals surface area contributed by atoms with Gasteiger partial charge in [0, 0.05) is 13.0 Å². The van der Waals surface area contributed by atoms with Crippen molar-refractivity contribution in [2.75, 3.05) is 26.3 Å². The Morgan fingerprint density at radius 3 is 2.96 bits per heavy atom. The maximum absolute atomic E-state index is 13.0. The zero-order valence-corrected chi connectivity index (χ0v) is 15.6. The second-order valence-corrected chi connectivity index (χ2v) is 8.13. The largest absolute Gasteiger partial charge is 0.378 e. The van der Waals surface area contributed by atoms with Gasteiger partial charge in [0.2, 0.25) is 0 Å². The summed E-state index contributed by atoms with van der Waals surface area (Å²) in [6.45, 7) is 3.96. The number of nitrogens with zero attached hydrogens (tertiary/aromatic N) is 4. The molecule has 5 rings (SSSR count). The Hall–Kier alpha value is -1.77. The predicted molar refractivity (Wildman–Crippen MR) is 99.8 cm³/mol. The van der Waals surface area contributed by atoms with Gasteiger partial charge in [0.1, 0.15) is 11.7 Å². The first-order valence-corrected chi connectivity index (χ1v) is 10.1. The van der Waals surface area contributed by atoms with Crippen molar-refractivity contribution < 1.29 is 9.47 Å². The summed E-state index contributed by atoms with van der Waals surface area (Å²) in [5.41, 5.74) is 0.545. The van der Waals surface area contributed by atoms with E-state index in [0.717, 1.165) is 58.2 Å². The molecule has 0 saturated carbocycles. The van der Waals surface area contributed by atoms with Gasteiger partial charge in [-0.15, -0.1) is 0 Å². The van der Waals surface area contributed by atoms with Crippen LogP contribution in [0.2, 0.25) is 0 Å². The van der Waals surface area contributed by atoms with Crippen LogP contribution < -0.4 is 10.9 Å². The van der Waals surface area contributed by atoms with Crippen molar-refractivity contribution in [3.8, 4) is 0 Å². The minimum atomic E-state index is -0.135. The molecule has 8 heteroatoms. The van der Waals surface area contributed by atoms with Gasteiger partial charge in [0.05, 0.1) is 37.1 Å². The van der Waals surface area contributed by atoms with Crippen LogP contribution in [0, 0.1) is 0 Å². The van der Waals surface area contributed by atoms with Crippen LogP contribution in [0.3, 0.4) is 0 Å². The quantitative estimate of drug-likeness (QED) is 0.872. The number of ether oxygens (including phenoxy) is 2. The molecule has 2 atom stereocenters. The lowest BCUT2D eigenvalue weighted by molar-refractivity contribution is -0.132. The molecule has 0 aliphatic carbocycles. The highest BCUT2D eigenvalue weighted by Crippen LogP contribution is 2.35. The number of piperidine rings is 1. The molecule has 1 N–H and O–H groups in total. The summed E-state index contributed by atoms with van der Waals surface area (Å²) in [5, 5.41) is 8.45. The third-order valence-electron chi connectivity index (χ3n) is 6.28. The Balaban J connectivity index is 1.38. The highest BCUT2D eigenvalue weighted by Gasteiger charge is 2.40. The van der Waals surface area contributed by atoms with Crippen molar-refractivity contribution in [1.82, 2.24) is 24.6 Å². The SMILES string of the molecule is O=c1c2cnn(C3CCNCC3)c2ncn1CC1CCCC2(CCOC2)O1. The number of fused-ring (bicyclic) bond motifs is 1. The topological polar surface area (TPSA) is 83.2 Å². The van der Waals surface area contributed by atoms with E-state index in [4.69, 9.17) is 9.47 Å². The lowest BCUT2D eigenvalue weighted by atomic mass is 9.91. The minimum absolute atomic E-state index is 0.0221. The molecule has 0 bridgehead atoms. The van der Waals surface area contributed by atoms with Crippen LogP contribution in [0.1, 0.15) is 44.6 Å². The molecular weight excluding hydrogens is 346 g/mol. The highest BCUT2D eigenvalue weighted by atomic mass is 16.6. The van der Waals surface area contributed by atoms with Crippen molar-refractivity contribution in [1.29, 1.82) is 0 Å². The van der Waals surface area contributed by atoms with Gasteiger partial charge in [0.25, 0.3) is 5.56 Å². The number of nitrogens with one attached hydrogen (secondary N) is 1. The number of rotatable bonds is 3. The molecule has 1 spiro atoms. The zero-order chi connectivity index (χ0) is 18.3. The second kappa shape index (κ2) is 7.00. The maximum Gasteiger partial charge on any atom is 0.264 e. The first-order valence-electron chi connectivity index (χ1n) is 10.1. The fourth-order valence-electron chi connectivity index (χ4n) is 4.77. The fourth-order valence-corrected chi connectivity index (χ4v) is 4.77. The van der Waals surface area contributed by atoms with E-state index in [-0.39, 0.29) is 17.3 Å². The highest BCUT2D eigenvalue weighted by molar-refractivity contribution is 5.73. The third-order valence-corrected chi connectivity index (χ3v) is 6.28. The van der Waals surface area contributed by atoms with Gasteiger partial charge >= 0.3 is 0 Å². The summed E-state index contributed by atoms with van der Waals surface area (Å²) >= 11 is 0. The molecule has 8 nitrogen and oxygen atoms in total. The Morgan fingerprint density at radius 1 is 1.26 bits per heavy atom. The molecule has 0 aromatic carbocycles. The first kappa shape index (κ1) is 17.3. The van der Waals surface area contributed by atoms with Gasteiger partial charge < -0.3 is 14.8 Å². The molecule has 2 aromatic rings. The van der Waals surface area contributed by atoms with Crippen LogP contribution in [0.15, 0.2) is 17.3 Å². The zero-order valence-electron chi connectivity index (χ0n) is 15.6. The van der Waals surface area contributed by atoms with Crippen LogP contribution in [0.4, 0.5) is 0 Å². The molecule has 3 saturated heterocycles. The summed E-state index contributed by atoms with van der Waals surface area (Å²) < 4.78 is 15.5. The standard InChI is InChI=1S/C19H27N5O3/c25-18-16-10-22-24(14-3-7-20-8-4-14)17(16)21-13-23(18)11-15-2-1-5-19(27-15)6-9-26-12-19/h10,13-15,20H,1-9,11-12H2. The molecule has 3 aliphatic rings. The van der Waals surface area contributed by atoms with E-state index in [1.165, 1.54) is 0 Å². The smallest absolute Gasteiger partial charge is 0.264 e. The van der Waals surface area contributed by atoms with Crippen molar-refractivity contribution in [3.05, 3.63) is 22.9 Å². The molecule has 3 fully saturated rings. The monoisotopic (exact) mass is 373 g/mol. The number of aromatic nitrogens is 4. The van der Waals surface area contributed by atoms with Crippen LogP contribution in [0.5, 0.6) is 0 Å². The maximum atomic E-state index is 13.0. The molecule has 146 valence electrons. The number of hydrogen-bond donors (Lipinski definition) is 1. The van der Waals surface area contributed by atoms with E-state index in [1.54, 1.807) is 17.1 Å². The Morgan fingerprint density at radius 2 is 2.15 bits per heavy atom. The van der Waals surface area contributed by atoms with Gasteiger partial charge in [-0.3, -0.25) is 9.36 Å². The molecule has 2 unspecified atom stereocenters. The van der Waals surface area contributed by atoms with E-state index in [1.807, 2.05) is 4.68 Å². The summed E-state index contributed by atoms with van der Waals surface area (Å²) in [6, 6.07) is 0.315. The molecule has 0 radical (unpaired) electrons. The van der Waals surface area contributed by atoms with Gasteiger partial charge in [-0.25, -0.2) is 9.67 Å². The fraction of sp³-hybridized carbons (Fsp3) is 0.737. The average molecular weight is 373 g/mol. The van der Waals surface area contributed by atoms with Crippen molar-refractivity contribution in [2.24, 2.45) is 0 Å². The Labute approximate surface area is 157 Å². The van der Waals surface area contributed by atoms with Crippen molar-refractivity contribution in [2.45, 2.75) is 62.8 Å². The van der Waals surface area contributed by atoms with Gasteiger partial charge in [-0.1, -0.05) is 0 Å². The molecular formula is C19H27N5O3. The Bertz CT molecular complexity index is 864. The van der Waals surface area contributed by atoms with E-state index in [9.17, 15) is 4.79 Å². The van der Waals surface area contributed by atoms with E-state index in [0.29, 0.717) is 30.2 Å². The van der Waals surface area contributed by atoms with Crippen LogP contribution in [-0.2, 0) is 16.0 Å². The third kappa shape index (κ3) is 3.19. The van der Waals surface area contributed by atoms with Crippen molar-refractivity contribution in [3.63, 3.8) is 0 Å². The summed E-state index contributed by atoms with van der Waals surface area (Å²) in [5.74, 6) is 0. The molecule has 0 amide bonds. The van der Waals surface area contributed by atoms with Gasteiger partial charge in [-0.05, 0) is 45.2 Å². The van der Waals surface area contributed by atoms with Gasteiger partial charge in [0.15, 0.2) is 5.65 Å². The summed E-state index contributed by atoms with van der Waals surface area (Å²) in [7, 11) is 0. The van der Waals surface area contributed by atoms with E-state index in [2.05, 4.69) is 15.4 Å².